The third kappa shape index (κ3) is 3.25. The number of likely N-dealkylation sites (N-methyl/N-ethyl adjacent to an activating group) is 1. The molecule has 1 atom stereocenters. The maximum absolute atomic E-state index is 2.67. The van der Waals surface area contributed by atoms with Gasteiger partial charge in [-0.2, -0.15) is 0 Å². The highest BCUT2D eigenvalue weighted by atomic mass is 15.3. The number of amidine groups is 1. The lowest BCUT2D eigenvalue weighted by atomic mass is 10.0. The van der Waals surface area contributed by atoms with Gasteiger partial charge in [-0.05, 0) is 32.9 Å². The van der Waals surface area contributed by atoms with Crippen LogP contribution in [-0.2, 0) is 0 Å². The molecule has 3 nitrogen and oxygen atoms in total. The van der Waals surface area contributed by atoms with E-state index in [2.05, 4.69) is 42.3 Å². The maximum atomic E-state index is 2.67. The highest BCUT2D eigenvalue weighted by Crippen LogP contribution is 2.17. The van der Waals surface area contributed by atoms with Crippen molar-refractivity contribution in [2.45, 2.75) is 45.6 Å². The predicted octanol–water partition coefficient (Wildman–Crippen LogP) is 1.87. The number of rotatable bonds is 5. The highest BCUT2D eigenvalue weighted by Gasteiger charge is 2.33. The Balaban J connectivity index is 2.05. The molecular formula is C15H30N3+. The number of fused-ring (bicyclic) bond motifs is 1. The van der Waals surface area contributed by atoms with Gasteiger partial charge in [0.25, 0.3) is 0 Å². The highest BCUT2D eigenvalue weighted by molar-refractivity contribution is 5.79. The fourth-order valence-electron chi connectivity index (χ4n) is 3.34. The van der Waals surface area contributed by atoms with Crippen LogP contribution in [0.25, 0.3) is 0 Å². The monoisotopic (exact) mass is 252 g/mol. The van der Waals surface area contributed by atoms with E-state index >= 15 is 0 Å². The molecule has 3 heteroatoms. The van der Waals surface area contributed by atoms with E-state index in [0.717, 1.165) is 5.92 Å². The Morgan fingerprint density at radius 1 is 1.22 bits per heavy atom. The Bertz CT molecular complexity index is 307. The zero-order valence-electron chi connectivity index (χ0n) is 12.7. The van der Waals surface area contributed by atoms with Gasteiger partial charge < -0.3 is 4.90 Å². The average Bonchev–Trinajstić information content (AvgIpc) is 2.76. The molecule has 104 valence electrons. The smallest absolute Gasteiger partial charge is 0.247 e. The normalized spacial score (nSPS) is 22.0. The molecule has 1 unspecified atom stereocenters. The predicted molar refractivity (Wildman–Crippen MR) is 77.4 cm³/mol. The molecule has 1 saturated heterocycles. The van der Waals surface area contributed by atoms with E-state index in [1.807, 2.05) is 0 Å². The van der Waals surface area contributed by atoms with Gasteiger partial charge in [-0.3, -0.25) is 9.48 Å². The second-order valence-corrected chi connectivity index (χ2v) is 6.55. The molecule has 1 fully saturated rings. The Hall–Kier alpha value is -0.570. The summed E-state index contributed by atoms with van der Waals surface area (Å²) in [6.45, 7) is 9.75. The van der Waals surface area contributed by atoms with Crippen molar-refractivity contribution in [2.24, 2.45) is 5.92 Å². The number of hydrogen-bond donors (Lipinski definition) is 0. The zero-order valence-corrected chi connectivity index (χ0v) is 12.7. The van der Waals surface area contributed by atoms with Crippen LogP contribution in [0.1, 0.15) is 39.5 Å². The third-order valence-corrected chi connectivity index (χ3v) is 4.32. The maximum Gasteiger partial charge on any atom is 0.247 e. The first kappa shape index (κ1) is 13.9. The lowest BCUT2D eigenvalue weighted by Crippen LogP contribution is -2.46. The van der Waals surface area contributed by atoms with Crippen LogP contribution in [-0.4, -0.2) is 66.5 Å². The Morgan fingerprint density at radius 3 is 2.61 bits per heavy atom. The van der Waals surface area contributed by atoms with Gasteiger partial charge >= 0.3 is 0 Å². The molecule has 2 aliphatic rings. The van der Waals surface area contributed by atoms with Crippen LogP contribution in [0.15, 0.2) is 0 Å². The van der Waals surface area contributed by atoms with Gasteiger partial charge in [0.2, 0.25) is 5.84 Å². The molecule has 0 aliphatic carbocycles. The molecular weight excluding hydrogens is 222 g/mol. The van der Waals surface area contributed by atoms with Crippen LogP contribution in [0, 0.1) is 5.92 Å². The molecule has 0 radical (unpaired) electrons. The van der Waals surface area contributed by atoms with Crippen LogP contribution >= 0.6 is 0 Å². The lowest BCUT2D eigenvalue weighted by molar-refractivity contribution is -0.544. The van der Waals surface area contributed by atoms with E-state index in [-0.39, 0.29) is 0 Å². The summed E-state index contributed by atoms with van der Waals surface area (Å²) in [5, 5.41) is 0. The molecule has 0 spiro atoms. The summed E-state index contributed by atoms with van der Waals surface area (Å²) in [6, 6.07) is 0.693. The minimum absolute atomic E-state index is 0.693. The van der Waals surface area contributed by atoms with Crippen LogP contribution in [0.4, 0.5) is 0 Å². The van der Waals surface area contributed by atoms with Crippen molar-refractivity contribution in [1.82, 2.24) is 9.80 Å². The summed E-state index contributed by atoms with van der Waals surface area (Å²) in [7, 11) is 4.46. The summed E-state index contributed by atoms with van der Waals surface area (Å²) >= 11 is 0. The molecule has 0 amide bonds. The standard InChI is InChI=1S/C15H30N3/c1-13(2)11-14(16(3)4)12-18-10-6-9-17-8-5-7-15(17)18/h13-14H,5-12H2,1-4H3/q+1. The van der Waals surface area contributed by atoms with Gasteiger partial charge in [-0.25, -0.2) is 0 Å². The topological polar surface area (TPSA) is 9.49 Å². The van der Waals surface area contributed by atoms with E-state index in [9.17, 15) is 0 Å². The molecule has 2 aliphatic heterocycles. The summed E-state index contributed by atoms with van der Waals surface area (Å²) in [6.07, 6.45) is 5.31. The van der Waals surface area contributed by atoms with Crippen molar-refractivity contribution in [3.05, 3.63) is 0 Å². The summed E-state index contributed by atoms with van der Waals surface area (Å²) in [5.41, 5.74) is 0. The van der Waals surface area contributed by atoms with E-state index < -0.39 is 0 Å². The molecule has 0 aromatic rings. The first-order chi connectivity index (χ1) is 8.58. The Kier molecular flexibility index (Phi) is 4.66. The Morgan fingerprint density at radius 2 is 1.94 bits per heavy atom. The SMILES string of the molecule is CC(C)CC(C[N+]1=C2CCCN2CCC1)N(C)C. The zero-order chi connectivity index (χ0) is 13.1. The lowest BCUT2D eigenvalue weighted by Gasteiger charge is -2.29. The fourth-order valence-corrected chi connectivity index (χ4v) is 3.34. The van der Waals surface area contributed by atoms with Crippen molar-refractivity contribution in [3.63, 3.8) is 0 Å². The van der Waals surface area contributed by atoms with Crippen LogP contribution < -0.4 is 0 Å². The van der Waals surface area contributed by atoms with E-state index in [0.29, 0.717) is 6.04 Å². The summed E-state index contributed by atoms with van der Waals surface area (Å²) in [4.78, 5) is 5.03. The molecule has 18 heavy (non-hydrogen) atoms. The fraction of sp³-hybridized carbons (Fsp3) is 0.933. The van der Waals surface area contributed by atoms with Gasteiger partial charge in [-0.15, -0.1) is 0 Å². The minimum Gasteiger partial charge on any atom is -0.303 e. The molecule has 0 N–H and O–H groups in total. The second-order valence-electron chi connectivity index (χ2n) is 6.55. The molecule has 2 rings (SSSR count). The van der Waals surface area contributed by atoms with Crippen LogP contribution in [0.3, 0.4) is 0 Å². The van der Waals surface area contributed by atoms with Gasteiger partial charge in [0.15, 0.2) is 0 Å². The van der Waals surface area contributed by atoms with E-state index in [4.69, 9.17) is 0 Å². The third-order valence-electron chi connectivity index (χ3n) is 4.32. The van der Waals surface area contributed by atoms with Gasteiger partial charge in [0.05, 0.1) is 26.1 Å². The first-order valence-electron chi connectivity index (χ1n) is 7.60. The quantitative estimate of drug-likeness (QED) is 0.691. The van der Waals surface area contributed by atoms with Crippen LogP contribution in [0.2, 0.25) is 0 Å². The molecule has 0 bridgehead atoms. The van der Waals surface area contributed by atoms with Gasteiger partial charge in [0.1, 0.15) is 6.54 Å². The molecule has 2 heterocycles. The van der Waals surface area contributed by atoms with Crippen LogP contribution in [0.5, 0.6) is 0 Å². The average molecular weight is 252 g/mol. The Labute approximate surface area is 112 Å². The summed E-state index contributed by atoms with van der Waals surface area (Å²) < 4.78 is 2.67. The van der Waals surface area contributed by atoms with Gasteiger partial charge in [0, 0.05) is 12.5 Å². The molecule has 0 saturated carbocycles. The number of nitrogens with zero attached hydrogens (tertiary/aromatic N) is 3. The first-order valence-corrected chi connectivity index (χ1v) is 7.60. The molecule has 0 aromatic heterocycles. The number of hydrogen-bond acceptors (Lipinski definition) is 2. The van der Waals surface area contributed by atoms with E-state index in [1.165, 1.54) is 51.9 Å². The summed E-state index contributed by atoms with van der Waals surface area (Å²) in [5.74, 6) is 2.42. The van der Waals surface area contributed by atoms with Crippen molar-refractivity contribution < 1.29 is 4.58 Å². The van der Waals surface area contributed by atoms with E-state index in [1.54, 1.807) is 5.84 Å². The van der Waals surface area contributed by atoms with Crippen molar-refractivity contribution in [2.75, 3.05) is 40.3 Å². The largest absolute Gasteiger partial charge is 0.303 e. The van der Waals surface area contributed by atoms with Gasteiger partial charge in [-0.1, -0.05) is 13.8 Å². The van der Waals surface area contributed by atoms with Crippen molar-refractivity contribution in [3.8, 4) is 0 Å². The van der Waals surface area contributed by atoms with Crippen molar-refractivity contribution >= 4 is 5.84 Å². The minimum atomic E-state index is 0.693. The second kappa shape index (κ2) is 6.05. The van der Waals surface area contributed by atoms with Crippen molar-refractivity contribution in [1.29, 1.82) is 0 Å². The molecule has 0 aromatic carbocycles.